The van der Waals surface area contributed by atoms with Gasteiger partial charge in [0.15, 0.2) is 0 Å². The maximum Gasteiger partial charge on any atom is 0.138 e. The molecular formula is C10H11ClFNO. The molecule has 0 aliphatic carbocycles. The third-order valence-corrected chi connectivity index (χ3v) is 2.53. The number of rotatable bonds is 1. The molecule has 0 bridgehead atoms. The topological polar surface area (TPSA) is 21.3 Å². The van der Waals surface area contributed by atoms with Crippen molar-refractivity contribution in [1.29, 1.82) is 0 Å². The maximum absolute atomic E-state index is 13.4. The van der Waals surface area contributed by atoms with Gasteiger partial charge in [-0.1, -0.05) is 17.7 Å². The number of hydrogen-bond acceptors (Lipinski definition) is 2. The van der Waals surface area contributed by atoms with Crippen LogP contribution in [-0.2, 0) is 4.74 Å². The minimum Gasteiger partial charge on any atom is -0.359 e. The Balaban J connectivity index is 2.29. The lowest BCUT2D eigenvalue weighted by Gasteiger charge is -2.25. The lowest BCUT2D eigenvalue weighted by molar-refractivity contribution is -0.00232. The van der Waals surface area contributed by atoms with Crippen LogP contribution in [-0.4, -0.2) is 13.2 Å². The van der Waals surface area contributed by atoms with Gasteiger partial charge >= 0.3 is 0 Å². The van der Waals surface area contributed by atoms with Gasteiger partial charge in [-0.3, -0.25) is 5.32 Å². The van der Waals surface area contributed by atoms with E-state index in [2.05, 4.69) is 5.32 Å². The van der Waals surface area contributed by atoms with Crippen LogP contribution >= 0.6 is 11.6 Å². The van der Waals surface area contributed by atoms with Crippen molar-refractivity contribution in [3.63, 3.8) is 0 Å². The largest absolute Gasteiger partial charge is 0.359 e. The quantitative estimate of drug-likeness (QED) is 0.777. The molecule has 4 heteroatoms. The minimum absolute atomic E-state index is 0.322. The van der Waals surface area contributed by atoms with Gasteiger partial charge < -0.3 is 4.74 Å². The second-order valence-corrected chi connectivity index (χ2v) is 3.60. The molecule has 1 aromatic rings. The van der Waals surface area contributed by atoms with E-state index < -0.39 is 6.23 Å². The third-order valence-electron chi connectivity index (χ3n) is 2.20. The minimum atomic E-state index is -0.405. The molecule has 0 amide bonds. The predicted molar refractivity (Wildman–Crippen MR) is 52.7 cm³/mol. The summed E-state index contributed by atoms with van der Waals surface area (Å²) in [4.78, 5) is 0. The van der Waals surface area contributed by atoms with Crippen LogP contribution in [0.2, 0.25) is 5.02 Å². The summed E-state index contributed by atoms with van der Waals surface area (Å²) in [5.41, 5.74) is 0.411. The Kier molecular flexibility index (Phi) is 3.01. The fourth-order valence-corrected chi connectivity index (χ4v) is 1.77. The lowest BCUT2D eigenvalue weighted by atomic mass is 10.1. The Morgan fingerprint density at radius 2 is 2.36 bits per heavy atom. The number of benzene rings is 1. The standard InChI is InChI=1S/C10H11ClFNO/c11-7-3-1-4-8(12)9(7)10-13-5-2-6-14-10/h1,3-4,10,13H,2,5-6H2. The van der Waals surface area contributed by atoms with Crippen molar-refractivity contribution in [2.24, 2.45) is 0 Å². The first-order valence-electron chi connectivity index (χ1n) is 4.58. The molecule has 0 radical (unpaired) electrons. The van der Waals surface area contributed by atoms with Crippen LogP contribution in [0.3, 0.4) is 0 Å². The smallest absolute Gasteiger partial charge is 0.138 e. The van der Waals surface area contributed by atoms with E-state index in [1.54, 1.807) is 12.1 Å². The van der Waals surface area contributed by atoms with Crippen LogP contribution in [0, 0.1) is 5.82 Å². The molecule has 76 valence electrons. The van der Waals surface area contributed by atoms with E-state index in [1.165, 1.54) is 6.07 Å². The van der Waals surface area contributed by atoms with Gasteiger partial charge in [-0.25, -0.2) is 4.39 Å². The van der Waals surface area contributed by atoms with Crippen molar-refractivity contribution in [1.82, 2.24) is 5.32 Å². The van der Waals surface area contributed by atoms with Crippen molar-refractivity contribution < 1.29 is 9.13 Å². The Hall–Kier alpha value is -0.640. The van der Waals surface area contributed by atoms with Crippen molar-refractivity contribution in [2.75, 3.05) is 13.2 Å². The van der Waals surface area contributed by atoms with Crippen molar-refractivity contribution in [3.8, 4) is 0 Å². The molecule has 0 saturated carbocycles. The number of ether oxygens (including phenoxy) is 1. The summed E-state index contributed by atoms with van der Waals surface area (Å²) in [5.74, 6) is -0.322. The Morgan fingerprint density at radius 3 is 3.00 bits per heavy atom. The highest BCUT2D eigenvalue weighted by Crippen LogP contribution is 2.27. The van der Waals surface area contributed by atoms with E-state index in [9.17, 15) is 4.39 Å². The normalized spacial score (nSPS) is 22.3. The number of halogens is 2. The highest BCUT2D eigenvalue weighted by molar-refractivity contribution is 6.31. The Bertz CT molecular complexity index is 306. The molecule has 1 N–H and O–H groups in total. The van der Waals surface area contributed by atoms with Gasteiger partial charge in [-0.2, -0.15) is 0 Å². The van der Waals surface area contributed by atoms with Crippen LogP contribution < -0.4 is 5.32 Å². The average molecular weight is 216 g/mol. The molecule has 1 fully saturated rings. The van der Waals surface area contributed by atoms with Crippen LogP contribution in [0.15, 0.2) is 18.2 Å². The molecular weight excluding hydrogens is 205 g/mol. The summed E-state index contributed by atoms with van der Waals surface area (Å²) < 4.78 is 18.8. The van der Waals surface area contributed by atoms with E-state index in [-0.39, 0.29) is 5.82 Å². The van der Waals surface area contributed by atoms with E-state index in [0.29, 0.717) is 17.2 Å². The highest BCUT2D eigenvalue weighted by Gasteiger charge is 2.21. The lowest BCUT2D eigenvalue weighted by Crippen LogP contribution is -2.31. The van der Waals surface area contributed by atoms with E-state index in [0.717, 1.165) is 13.0 Å². The summed E-state index contributed by atoms with van der Waals surface area (Å²) in [6.07, 6.45) is 0.542. The molecule has 14 heavy (non-hydrogen) atoms. The van der Waals surface area contributed by atoms with Gasteiger partial charge in [0.2, 0.25) is 0 Å². The number of nitrogens with one attached hydrogen (secondary N) is 1. The molecule has 1 atom stereocenters. The van der Waals surface area contributed by atoms with E-state index in [4.69, 9.17) is 16.3 Å². The van der Waals surface area contributed by atoms with Crippen molar-refractivity contribution >= 4 is 11.6 Å². The van der Waals surface area contributed by atoms with Crippen molar-refractivity contribution in [3.05, 3.63) is 34.6 Å². The molecule has 1 unspecified atom stereocenters. The zero-order chi connectivity index (χ0) is 9.97. The van der Waals surface area contributed by atoms with Gasteiger partial charge in [0.25, 0.3) is 0 Å². The molecule has 2 rings (SSSR count). The first-order valence-corrected chi connectivity index (χ1v) is 4.96. The predicted octanol–water partition coefficient (Wildman–Crippen LogP) is 2.49. The second-order valence-electron chi connectivity index (χ2n) is 3.19. The Labute approximate surface area is 87.0 Å². The second kappa shape index (κ2) is 4.26. The van der Waals surface area contributed by atoms with E-state index in [1.807, 2.05) is 0 Å². The average Bonchev–Trinajstić information content (AvgIpc) is 2.19. The van der Waals surface area contributed by atoms with Gasteiger partial charge in [-0.15, -0.1) is 0 Å². The van der Waals surface area contributed by atoms with Crippen LogP contribution in [0.5, 0.6) is 0 Å². The molecule has 0 aromatic heterocycles. The number of hydrogen-bond donors (Lipinski definition) is 1. The first kappa shape index (κ1) is 9.90. The summed E-state index contributed by atoms with van der Waals surface area (Å²) in [7, 11) is 0. The zero-order valence-corrected chi connectivity index (χ0v) is 8.35. The SMILES string of the molecule is Fc1cccc(Cl)c1C1NCCCO1. The summed E-state index contributed by atoms with van der Waals surface area (Å²) in [5, 5.41) is 3.48. The summed E-state index contributed by atoms with van der Waals surface area (Å²) in [6, 6.07) is 4.64. The molecule has 0 spiro atoms. The molecule has 1 aliphatic heterocycles. The molecule has 1 heterocycles. The van der Waals surface area contributed by atoms with Crippen LogP contribution in [0.25, 0.3) is 0 Å². The van der Waals surface area contributed by atoms with Crippen molar-refractivity contribution in [2.45, 2.75) is 12.6 Å². The Morgan fingerprint density at radius 1 is 1.50 bits per heavy atom. The zero-order valence-electron chi connectivity index (χ0n) is 7.59. The van der Waals surface area contributed by atoms with Crippen LogP contribution in [0.1, 0.15) is 18.2 Å². The monoisotopic (exact) mass is 215 g/mol. The van der Waals surface area contributed by atoms with Gasteiger partial charge in [-0.05, 0) is 18.6 Å². The van der Waals surface area contributed by atoms with E-state index >= 15 is 0 Å². The van der Waals surface area contributed by atoms with Gasteiger partial charge in [0.1, 0.15) is 12.0 Å². The molecule has 1 saturated heterocycles. The van der Waals surface area contributed by atoms with Crippen LogP contribution in [0.4, 0.5) is 4.39 Å². The fourth-order valence-electron chi connectivity index (χ4n) is 1.51. The van der Waals surface area contributed by atoms with Gasteiger partial charge in [0.05, 0.1) is 11.6 Å². The van der Waals surface area contributed by atoms with Gasteiger partial charge in [0, 0.05) is 12.1 Å². The third kappa shape index (κ3) is 1.90. The summed E-state index contributed by atoms with van der Waals surface area (Å²) >= 11 is 5.90. The maximum atomic E-state index is 13.4. The molecule has 1 aromatic carbocycles. The molecule has 1 aliphatic rings. The first-order chi connectivity index (χ1) is 6.79. The molecule has 2 nitrogen and oxygen atoms in total. The highest BCUT2D eigenvalue weighted by atomic mass is 35.5. The fraction of sp³-hybridized carbons (Fsp3) is 0.400. The summed E-state index contributed by atoms with van der Waals surface area (Å²) in [6.45, 7) is 1.47.